The molecule has 8 atom stereocenters. The van der Waals surface area contributed by atoms with Crippen LogP contribution in [0.3, 0.4) is 0 Å². The second-order valence-electron chi connectivity index (χ2n) is 12.3. The van der Waals surface area contributed by atoms with Crippen LogP contribution in [0.5, 0.6) is 0 Å². The van der Waals surface area contributed by atoms with Crippen molar-refractivity contribution >= 4 is 5.97 Å². The third kappa shape index (κ3) is 9.76. The van der Waals surface area contributed by atoms with E-state index in [0.717, 1.165) is 36.0 Å². The first kappa shape index (κ1) is 42.6. The average Bonchev–Trinajstić information content (AvgIpc) is 3.41. The Hall–Kier alpha value is -1.49. The van der Waals surface area contributed by atoms with Gasteiger partial charge in [0.15, 0.2) is 0 Å². The lowest BCUT2D eigenvalue weighted by molar-refractivity contribution is -0.143. The Morgan fingerprint density at radius 1 is 0.976 bits per heavy atom. The van der Waals surface area contributed by atoms with Crippen LogP contribution in [0.1, 0.15) is 161 Å². The van der Waals surface area contributed by atoms with E-state index < -0.39 is 0 Å². The lowest BCUT2D eigenvalue weighted by atomic mass is 9.46. The van der Waals surface area contributed by atoms with Crippen LogP contribution in [0.15, 0.2) is 23.3 Å². The molecule has 4 aliphatic carbocycles. The van der Waals surface area contributed by atoms with Gasteiger partial charge < -0.3 is 4.74 Å². The van der Waals surface area contributed by atoms with E-state index in [1.54, 1.807) is 11.1 Å². The van der Waals surface area contributed by atoms with E-state index >= 15 is 0 Å². The second-order valence-corrected chi connectivity index (χ2v) is 12.3. The first-order valence-electron chi connectivity index (χ1n) is 18.1. The van der Waals surface area contributed by atoms with Crippen molar-refractivity contribution in [2.75, 3.05) is 6.61 Å². The molecule has 0 N–H and O–H groups in total. The van der Waals surface area contributed by atoms with Crippen LogP contribution < -0.4 is 0 Å². The molecule has 0 aliphatic heterocycles. The van der Waals surface area contributed by atoms with E-state index in [0.29, 0.717) is 29.8 Å². The third-order valence-corrected chi connectivity index (χ3v) is 11.1. The van der Waals surface area contributed by atoms with Crippen molar-refractivity contribution in [1.29, 1.82) is 0 Å². The van der Waals surface area contributed by atoms with Crippen molar-refractivity contribution in [2.24, 2.45) is 46.3 Å². The predicted molar refractivity (Wildman–Crippen MR) is 188 cm³/mol. The molecule has 0 aromatic rings. The fourth-order valence-electron chi connectivity index (χ4n) is 9.04. The number of allylic oxidation sites excluding steroid dienone is 4. The Morgan fingerprint density at radius 3 is 2.12 bits per heavy atom. The number of hydrogen-bond donors (Lipinski definition) is 0. The molecule has 42 heavy (non-hydrogen) atoms. The number of hydrogen-bond acceptors (Lipinski definition) is 2. The van der Waals surface area contributed by atoms with Gasteiger partial charge in [0, 0.05) is 6.42 Å². The van der Waals surface area contributed by atoms with Crippen LogP contribution in [0.2, 0.25) is 0 Å². The molecule has 0 amide bonds. The van der Waals surface area contributed by atoms with Gasteiger partial charge >= 0.3 is 5.97 Å². The fourth-order valence-corrected chi connectivity index (χ4v) is 9.04. The van der Waals surface area contributed by atoms with Crippen molar-refractivity contribution in [3.05, 3.63) is 23.3 Å². The highest BCUT2D eigenvalue weighted by molar-refractivity contribution is 5.69. The van der Waals surface area contributed by atoms with Gasteiger partial charge in [-0.05, 0) is 125 Å². The summed E-state index contributed by atoms with van der Waals surface area (Å²) in [5.41, 5.74) is 4.32. The number of fused-ring (bicyclic) bond motifs is 5. The van der Waals surface area contributed by atoms with Crippen molar-refractivity contribution in [1.82, 2.24) is 0 Å². The second kappa shape index (κ2) is 22.1. The largest absolute Gasteiger partial charge is 0.466 e. The fraction of sp³-hybridized carbons (Fsp3) is 0.825. The minimum atomic E-state index is -0.00983. The molecule has 0 aromatic carbocycles. The Morgan fingerprint density at radius 2 is 1.57 bits per heavy atom. The molecule has 0 spiro atoms. The smallest absolute Gasteiger partial charge is 0.305 e. The Balaban J connectivity index is 0. The third-order valence-electron chi connectivity index (χ3n) is 11.1. The number of carbonyl (C=O) groups excluding carboxylic acids is 1. The van der Waals surface area contributed by atoms with Crippen molar-refractivity contribution in [3.8, 4) is 12.8 Å². The molecule has 4 aliphatic rings. The highest BCUT2D eigenvalue weighted by atomic mass is 16.5. The molecular weight excluding hydrogens is 512 g/mol. The maximum absolute atomic E-state index is 11.9. The van der Waals surface area contributed by atoms with E-state index in [1.807, 2.05) is 62.3 Å². The molecule has 3 fully saturated rings. The molecule has 4 rings (SSSR count). The van der Waals surface area contributed by atoms with Crippen LogP contribution >= 0.6 is 0 Å². The van der Waals surface area contributed by atoms with Crippen LogP contribution in [0.25, 0.3) is 0 Å². The van der Waals surface area contributed by atoms with Gasteiger partial charge in [-0.1, -0.05) is 99.5 Å². The van der Waals surface area contributed by atoms with Crippen molar-refractivity contribution in [3.63, 3.8) is 0 Å². The predicted octanol–water partition coefficient (Wildman–Crippen LogP) is 12.5. The molecule has 0 heterocycles. The SMILES string of the molecule is C#C.C/C=C(/C)C1CCC2(C)C(=CCC3C2CCC2(C)C([C@H](C)CCC(=O)OCC)CC[C@@H]32)C1.CC.CC.CC.CC. The summed E-state index contributed by atoms with van der Waals surface area (Å²) in [6.07, 6.45) is 25.6. The number of esters is 1. The number of rotatable bonds is 6. The molecule has 2 heteroatoms. The standard InChI is InChI=1S/C30H48O2.4C2H6.C2H2/c1-7-20(3)22-15-17-29(5)23(19-22)10-11-24-26-13-12-25(30(26,6)18-16-27(24)29)21(4)9-14-28(31)32-8-2;5*1-2/h7,10,21-22,24-27H,8-9,11-19H2,1-6H3;4*1-2H3;1-2H/b20-7-;;;;;/t21-,22?,24?,25?,26+,27?,29?,30?;;;;;/m1...../s1. The maximum Gasteiger partial charge on any atom is 0.305 e. The van der Waals surface area contributed by atoms with E-state index in [1.165, 1.54) is 51.4 Å². The zero-order valence-corrected chi connectivity index (χ0v) is 30.9. The summed E-state index contributed by atoms with van der Waals surface area (Å²) < 4.78 is 5.20. The van der Waals surface area contributed by atoms with Gasteiger partial charge in [0.25, 0.3) is 0 Å². The molecule has 2 nitrogen and oxygen atoms in total. The number of carbonyl (C=O) groups is 1. The summed E-state index contributed by atoms with van der Waals surface area (Å²) in [4.78, 5) is 11.9. The molecule has 6 unspecified atom stereocenters. The highest BCUT2D eigenvalue weighted by Crippen LogP contribution is 2.67. The summed E-state index contributed by atoms with van der Waals surface area (Å²) in [5, 5.41) is 0. The summed E-state index contributed by atoms with van der Waals surface area (Å²) in [6.45, 7) is 30.6. The maximum atomic E-state index is 11.9. The van der Waals surface area contributed by atoms with E-state index in [2.05, 4.69) is 59.6 Å². The van der Waals surface area contributed by atoms with Gasteiger partial charge in [-0.25, -0.2) is 0 Å². The van der Waals surface area contributed by atoms with Crippen LogP contribution in [-0.4, -0.2) is 12.6 Å². The lowest BCUT2D eigenvalue weighted by Crippen LogP contribution is -2.50. The highest BCUT2D eigenvalue weighted by Gasteiger charge is 2.59. The summed E-state index contributed by atoms with van der Waals surface area (Å²) >= 11 is 0. The number of terminal acetylenes is 1. The van der Waals surface area contributed by atoms with Crippen LogP contribution in [0, 0.1) is 59.2 Å². The molecule has 246 valence electrons. The minimum absolute atomic E-state index is 0.00983. The Bertz CT molecular complexity index is 804. The molecule has 0 saturated heterocycles. The van der Waals surface area contributed by atoms with Gasteiger partial charge in [-0.3, -0.25) is 4.79 Å². The zero-order chi connectivity index (χ0) is 33.1. The molecule has 0 bridgehead atoms. The zero-order valence-electron chi connectivity index (χ0n) is 30.9. The minimum Gasteiger partial charge on any atom is -0.466 e. The normalized spacial score (nSPS) is 32.9. The molecule has 0 aromatic heterocycles. The van der Waals surface area contributed by atoms with Gasteiger partial charge in [0.1, 0.15) is 0 Å². The van der Waals surface area contributed by atoms with Crippen molar-refractivity contribution < 1.29 is 9.53 Å². The summed E-state index contributed by atoms with van der Waals surface area (Å²) in [5.74, 6) is 4.81. The van der Waals surface area contributed by atoms with Gasteiger partial charge in [0.2, 0.25) is 0 Å². The average molecular weight is 587 g/mol. The monoisotopic (exact) mass is 587 g/mol. The van der Waals surface area contributed by atoms with E-state index in [9.17, 15) is 4.79 Å². The quantitative estimate of drug-likeness (QED) is 0.176. The Labute approximate surface area is 265 Å². The van der Waals surface area contributed by atoms with E-state index in [-0.39, 0.29) is 5.97 Å². The van der Waals surface area contributed by atoms with E-state index in [4.69, 9.17) is 4.74 Å². The first-order chi connectivity index (χ1) is 20.2. The Kier molecular flexibility index (Phi) is 22.4. The van der Waals surface area contributed by atoms with Gasteiger partial charge in [-0.15, -0.1) is 12.8 Å². The van der Waals surface area contributed by atoms with Gasteiger partial charge in [0.05, 0.1) is 6.61 Å². The molecule has 0 radical (unpaired) electrons. The van der Waals surface area contributed by atoms with Gasteiger partial charge in [-0.2, -0.15) is 0 Å². The van der Waals surface area contributed by atoms with Crippen LogP contribution in [0.4, 0.5) is 0 Å². The number of ether oxygens (including phenoxy) is 1. The molecular formula is C40H74O2. The molecule has 3 saturated carbocycles. The van der Waals surface area contributed by atoms with Crippen LogP contribution in [-0.2, 0) is 9.53 Å². The lowest BCUT2D eigenvalue weighted by Gasteiger charge is -2.58. The first-order valence-corrected chi connectivity index (χ1v) is 18.1. The topological polar surface area (TPSA) is 26.3 Å². The summed E-state index contributed by atoms with van der Waals surface area (Å²) in [7, 11) is 0. The summed E-state index contributed by atoms with van der Waals surface area (Å²) in [6, 6.07) is 0. The van der Waals surface area contributed by atoms with Crippen molar-refractivity contribution in [2.45, 2.75) is 161 Å².